The molecule has 1 aromatic rings. The molecule has 0 saturated carbocycles. The van der Waals surface area contributed by atoms with Crippen LogP contribution in [0.4, 0.5) is 0 Å². The van der Waals surface area contributed by atoms with Crippen LogP contribution in [0.1, 0.15) is 23.0 Å². The Hall–Kier alpha value is -0.740. The lowest BCUT2D eigenvalue weighted by atomic mass is 10.2. The number of amides is 1. The van der Waals surface area contributed by atoms with E-state index in [4.69, 9.17) is 11.6 Å². The smallest absolute Gasteiger partial charge is 0.254 e. The van der Waals surface area contributed by atoms with Gasteiger partial charge in [-0.2, -0.15) is 11.8 Å². The van der Waals surface area contributed by atoms with E-state index in [0.29, 0.717) is 23.0 Å². The summed E-state index contributed by atoms with van der Waals surface area (Å²) < 4.78 is 0. The molecule has 3 nitrogen and oxygen atoms in total. The molecule has 0 radical (unpaired) electrons. The molecule has 5 heteroatoms. The number of rotatable bonds is 5. The highest BCUT2D eigenvalue weighted by Crippen LogP contribution is 2.15. The van der Waals surface area contributed by atoms with Crippen LogP contribution in [0.15, 0.2) is 12.3 Å². The van der Waals surface area contributed by atoms with Gasteiger partial charge < -0.3 is 5.32 Å². The summed E-state index contributed by atoms with van der Waals surface area (Å²) in [5.41, 5.74) is 1.25. The van der Waals surface area contributed by atoms with Crippen LogP contribution in [0.5, 0.6) is 0 Å². The predicted molar refractivity (Wildman–Crippen MR) is 73.9 cm³/mol. The highest BCUT2D eigenvalue weighted by atomic mass is 35.5. The number of nitrogens with zero attached hydrogens (tertiary/aromatic N) is 1. The van der Waals surface area contributed by atoms with Crippen LogP contribution >= 0.6 is 23.4 Å². The van der Waals surface area contributed by atoms with Crippen LogP contribution < -0.4 is 5.32 Å². The average Bonchev–Trinajstić information content (AvgIpc) is 2.26. The fourth-order valence-corrected chi connectivity index (χ4v) is 2.38. The third-order valence-electron chi connectivity index (χ3n) is 2.30. The number of carbonyl (C=O) groups is 1. The molecule has 1 unspecified atom stereocenters. The van der Waals surface area contributed by atoms with Crippen LogP contribution in [0.25, 0.3) is 0 Å². The van der Waals surface area contributed by atoms with Crippen molar-refractivity contribution in [3.8, 4) is 0 Å². The van der Waals surface area contributed by atoms with Gasteiger partial charge in [-0.15, -0.1) is 0 Å². The van der Waals surface area contributed by atoms with Gasteiger partial charge in [0.1, 0.15) is 0 Å². The molecule has 0 bridgehead atoms. The SMILES string of the molecule is CSCC(C)CNC(=O)c1cnc(C)cc1Cl. The van der Waals surface area contributed by atoms with Gasteiger partial charge in [-0.05, 0) is 30.9 Å². The second-order valence-corrected chi connectivity index (χ2v) is 5.39. The largest absolute Gasteiger partial charge is 0.352 e. The maximum absolute atomic E-state index is 11.8. The van der Waals surface area contributed by atoms with E-state index in [0.717, 1.165) is 11.4 Å². The number of aryl methyl sites for hydroxylation is 1. The second kappa shape index (κ2) is 6.87. The van der Waals surface area contributed by atoms with Crippen LogP contribution in [0.2, 0.25) is 5.02 Å². The van der Waals surface area contributed by atoms with Crippen LogP contribution in [-0.4, -0.2) is 29.4 Å². The molecule has 94 valence electrons. The van der Waals surface area contributed by atoms with Crippen molar-refractivity contribution in [1.82, 2.24) is 10.3 Å². The molecule has 0 aliphatic heterocycles. The third-order valence-corrected chi connectivity index (χ3v) is 3.51. The Bertz CT molecular complexity index is 398. The lowest BCUT2D eigenvalue weighted by Gasteiger charge is -2.11. The van der Waals surface area contributed by atoms with Gasteiger partial charge in [-0.3, -0.25) is 9.78 Å². The summed E-state index contributed by atoms with van der Waals surface area (Å²) in [7, 11) is 0. The molecule has 1 amide bonds. The Labute approximate surface area is 111 Å². The van der Waals surface area contributed by atoms with Crippen molar-refractivity contribution in [2.45, 2.75) is 13.8 Å². The molecule has 0 aromatic carbocycles. The fraction of sp³-hybridized carbons (Fsp3) is 0.500. The van der Waals surface area contributed by atoms with Gasteiger partial charge in [0.2, 0.25) is 0 Å². The third kappa shape index (κ3) is 4.56. The Morgan fingerprint density at radius 1 is 1.65 bits per heavy atom. The molecule has 1 N–H and O–H groups in total. The molecular formula is C12H17ClN2OS. The number of hydrogen-bond acceptors (Lipinski definition) is 3. The second-order valence-electron chi connectivity index (χ2n) is 4.08. The molecule has 1 aromatic heterocycles. The van der Waals surface area contributed by atoms with Gasteiger partial charge in [-0.25, -0.2) is 0 Å². The van der Waals surface area contributed by atoms with Gasteiger partial charge in [0.15, 0.2) is 0 Å². The Balaban J connectivity index is 2.58. The number of aromatic nitrogens is 1. The lowest BCUT2D eigenvalue weighted by Crippen LogP contribution is -2.29. The summed E-state index contributed by atoms with van der Waals surface area (Å²) in [5.74, 6) is 1.32. The van der Waals surface area contributed by atoms with E-state index >= 15 is 0 Å². The van der Waals surface area contributed by atoms with Gasteiger partial charge in [0.25, 0.3) is 5.91 Å². The van der Waals surface area contributed by atoms with Gasteiger partial charge >= 0.3 is 0 Å². The van der Waals surface area contributed by atoms with E-state index in [1.54, 1.807) is 17.8 Å². The first-order valence-corrected chi connectivity index (χ1v) is 7.21. The first kappa shape index (κ1) is 14.3. The predicted octanol–water partition coefficient (Wildman–Crippen LogP) is 2.77. The average molecular weight is 273 g/mol. The molecule has 0 aliphatic rings. The molecule has 0 spiro atoms. The fourth-order valence-electron chi connectivity index (χ4n) is 1.40. The summed E-state index contributed by atoms with van der Waals surface area (Å²) in [6.07, 6.45) is 3.57. The minimum absolute atomic E-state index is 0.157. The van der Waals surface area contributed by atoms with Gasteiger partial charge in [0.05, 0.1) is 10.6 Å². The van der Waals surface area contributed by atoms with Crippen molar-refractivity contribution in [2.75, 3.05) is 18.6 Å². The number of nitrogens with one attached hydrogen (secondary N) is 1. The monoisotopic (exact) mass is 272 g/mol. The normalized spacial score (nSPS) is 12.2. The molecule has 1 heterocycles. The highest BCUT2D eigenvalue weighted by molar-refractivity contribution is 7.98. The summed E-state index contributed by atoms with van der Waals surface area (Å²) in [5, 5.41) is 3.32. The molecule has 0 saturated heterocycles. The van der Waals surface area contributed by atoms with E-state index < -0.39 is 0 Å². The van der Waals surface area contributed by atoms with E-state index in [1.165, 1.54) is 6.20 Å². The van der Waals surface area contributed by atoms with Gasteiger partial charge in [-0.1, -0.05) is 18.5 Å². The summed E-state index contributed by atoms with van der Waals surface area (Å²) in [4.78, 5) is 15.9. The van der Waals surface area contributed by atoms with Crippen LogP contribution in [0, 0.1) is 12.8 Å². The Kier molecular flexibility index (Phi) is 5.78. The van der Waals surface area contributed by atoms with Crippen LogP contribution in [-0.2, 0) is 0 Å². The summed E-state index contributed by atoms with van der Waals surface area (Å²) in [6.45, 7) is 4.60. The zero-order chi connectivity index (χ0) is 12.8. The van der Waals surface area contributed by atoms with Gasteiger partial charge in [0, 0.05) is 18.4 Å². The van der Waals surface area contributed by atoms with Crippen molar-refractivity contribution in [1.29, 1.82) is 0 Å². The highest BCUT2D eigenvalue weighted by Gasteiger charge is 2.11. The first-order valence-electron chi connectivity index (χ1n) is 5.44. The van der Waals surface area contributed by atoms with Crippen molar-refractivity contribution in [3.63, 3.8) is 0 Å². The molecule has 0 fully saturated rings. The van der Waals surface area contributed by atoms with E-state index in [9.17, 15) is 4.79 Å². The summed E-state index contributed by atoms with van der Waals surface area (Å²) >= 11 is 7.77. The topological polar surface area (TPSA) is 42.0 Å². The summed E-state index contributed by atoms with van der Waals surface area (Å²) in [6, 6.07) is 1.70. The Morgan fingerprint density at radius 2 is 2.35 bits per heavy atom. The maximum Gasteiger partial charge on any atom is 0.254 e. The number of halogens is 1. The zero-order valence-electron chi connectivity index (χ0n) is 10.3. The number of hydrogen-bond donors (Lipinski definition) is 1. The van der Waals surface area contributed by atoms with E-state index in [2.05, 4.69) is 23.5 Å². The van der Waals surface area contributed by atoms with Crippen molar-refractivity contribution in [3.05, 3.63) is 28.5 Å². The van der Waals surface area contributed by atoms with Crippen molar-refractivity contribution < 1.29 is 4.79 Å². The quantitative estimate of drug-likeness (QED) is 0.896. The first-order chi connectivity index (χ1) is 8.04. The number of carbonyl (C=O) groups excluding carboxylic acids is 1. The Morgan fingerprint density at radius 3 is 2.94 bits per heavy atom. The molecule has 1 rings (SSSR count). The molecular weight excluding hydrogens is 256 g/mol. The number of pyridine rings is 1. The molecule has 1 atom stereocenters. The zero-order valence-corrected chi connectivity index (χ0v) is 11.9. The van der Waals surface area contributed by atoms with E-state index in [1.807, 2.05) is 6.92 Å². The minimum atomic E-state index is -0.157. The van der Waals surface area contributed by atoms with Crippen LogP contribution in [0.3, 0.4) is 0 Å². The number of thioether (sulfide) groups is 1. The molecule has 0 aliphatic carbocycles. The maximum atomic E-state index is 11.8. The standard InChI is InChI=1S/C12H17ClN2OS/c1-8(7-17-3)5-15-12(16)10-6-14-9(2)4-11(10)13/h4,6,8H,5,7H2,1-3H3,(H,15,16). The van der Waals surface area contributed by atoms with E-state index in [-0.39, 0.29) is 5.91 Å². The minimum Gasteiger partial charge on any atom is -0.352 e. The van der Waals surface area contributed by atoms with Crippen molar-refractivity contribution >= 4 is 29.3 Å². The molecule has 17 heavy (non-hydrogen) atoms. The van der Waals surface area contributed by atoms with Crippen molar-refractivity contribution in [2.24, 2.45) is 5.92 Å². The lowest BCUT2D eigenvalue weighted by molar-refractivity contribution is 0.0949.